The van der Waals surface area contributed by atoms with Gasteiger partial charge in [0.15, 0.2) is 5.69 Å². The summed E-state index contributed by atoms with van der Waals surface area (Å²) in [5, 5.41) is 13.2. The highest BCUT2D eigenvalue weighted by Gasteiger charge is 2.15. The molecule has 0 atom stereocenters. The van der Waals surface area contributed by atoms with Crippen LogP contribution in [0.5, 0.6) is 0 Å². The number of carbonyl (C=O) groups excluding carboxylic acids is 2. The number of hydrogen-bond donors (Lipinski definition) is 2. The zero-order valence-corrected chi connectivity index (χ0v) is 14.9. The second kappa shape index (κ2) is 9.05. The smallest absolute Gasteiger partial charge is 0.407 e. The topological polar surface area (TPSA) is 98.1 Å². The van der Waals surface area contributed by atoms with Crippen molar-refractivity contribution in [2.75, 3.05) is 13.1 Å². The van der Waals surface area contributed by atoms with Crippen molar-refractivity contribution in [1.29, 1.82) is 0 Å². The minimum atomic E-state index is -0.494. The first-order valence-corrected chi connectivity index (χ1v) is 7.97. The van der Waals surface area contributed by atoms with Gasteiger partial charge in [0.25, 0.3) is 5.91 Å². The summed E-state index contributed by atoms with van der Waals surface area (Å²) in [5.74, 6) is -0.268. The van der Waals surface area contributed by atoms with Gasteiger partial charge in [-0.15, -0.1) is 5.10 Å². The Morgan fingerprint density at radius 3 is 2.62 bits per heavy atom. The standard InChI is InChI=1S/C16H27N5O3/c1-12(2)10-18-14(22)13-11-21(20-19-13)9-7-6-8-17-15(23)24-16(3,4)5/h11H,1,6-10H2,2-5H3,(H,17,23)(H,18,22). The van der Waals surface area contributed by atoms with Crippen molar-refractivity contribution in [2.45, 2.75) is 52.7 Å². The summed E-state index contributed by atoms with van der Waals surface area (Å²) in [6.07, 6.45) is 2.76. The van der Waals surface area contributed by atoms with Crippen LogP contribution in [0.15, 0.2) is 18.3 Å². The van der Waals surface area contributed by atoms with E-state index in [-0.39, 0.29) is 11.6 Å². The molecule has 8 heteroatoms. The Balaban J connectivity index is 2.23. The number of aromatic nitrogens is 3. The first-order chi connectivity index (χ1) is 11.2. The summed E-state index contributed by atoms with van der Waals surface area (Å²) < 4.78 is 6.76. The van der Waals surface area contributed by atoms with Crippen LogP contribution in [0.25, 0.3) is 0 Å². The summed E-state index contributed by atoms with van der Waals surface area (Å²) in [7, 11) is 0. The third-order valence-electron chi connectivity index (χ3n) is 2.80. The van der Waals surface area contributed by atoms with Crippen molar-refractivity contribution in [1.82, 2.24) is 25.6 Å². The normalized spacial score (nSPS) is 11.0. The minimum Gasteiger partial charge on any atom is -0.444 e. The number of rotatable bonds is 8. The average Bonchev–Trinajstić information content (AvgIpc) is 2.91. The van der Waals surface area contributed by atoms with Gasteiger partial charge in [-0.2, -0.15) is 0 Å². The van der Waals surface area contributed by atoms with E-state index < -0.39 is 11.7 Å². The number of alkyl carbamates (subject to hydrolysis) is 1. The molecule has 1 heterocycles. The lowest BCUT2D eigenvalue weighted by molar-refractivity contribution is 0.0526. The molecule has 0 aliphatic rings. The molecule has 0 fully saturated rings. The van der Waals surface area contributed by atoms with Crippen LogP contribution >= 0.6 is 0 Å². The number of aryl methyl sites for hydroxylation is 1. The van der Waals surface area contributed by atoms with Crippen molar-refractivity contribution in [2.24, 2.45) is 0 Å². The number of amides is 2. The molecule has 1 aromatic heterocycles. The predicted molar refractivity (Wildman–Crippen MR) is 90.6 cm³/mol. The van der Waals surface area contributed by atoms with E-state index >= 15 is 0 Å². The highest BCUT2D eigenvalue weighted by molar-refractivity contribution is 5.91. The van der Waals surface area contributed by atoms with Crippen LogP contribution in [-0.2, 0) is 11.3 Å². The van der Waals surface area contributed by atoms with E-state index in [1.165, 1.54) is 0 Å². The van der Waals surface area contributed by atoms with E-state index in [1.54, 1.807) is 10.9 Å². The van der Waals surface area contributed by atoms with Crippen LogP contribution in [0.3, 0.4) is 0 Å². The quantitative estimate of drug-likeness (QED) is 0.557. The van der Waals surface area contributed by atoms with Crippen molar-refractivity contribution >= 4 is 12.0 Å². The SMILES string of the molecule is C=C(C)CNC(=O)c1cn(CCCCNC(=O)OC(C)(C)C)nn1. The van der Waals surface area contributed by atoms with Gasteiger partial charge in [-0.25, -0.2) is 4.79 Å². The van der Waals surface area contributed by atoms with Crippen LogP contribution in [0.1, 0.15) is 51.0 Å². The fourth-order valence-electron chi connectivity index (χ4n) is 1.74. The zero-order valence-electron chi connectivity index (χ0n) is 14.9. The first-order valence-electron chi connectivity index (χ1n) is 7.97. The summed E-state index contributed by atoms with van der Waals surface area (Å²) in [4.78, 5) is 23.3. The largest absolute Gasteiger partial charge is 0.444 e. The lowest BCUT2D eigenvalue weighted by atomic mass is 10.2. The van der Waals surface area contributed by atoms with Crippen LogP contribution in [0.4, 0.5) is 4.79 Å². The molecule has 1 rings (SSSR count). The number of nitrogens with one attached hydrogen (secondary N) is 2. The van der Waals surface area contributed by atoms with E-state index in [1.807, 2.05) is 27.7 Å². The number of unbranched alkanes of at least 4 members (excludes halogenated alkanes) is 1. The Morgan fingerprint density at radius 1 is 1.29 bits per heavy atom. The van der Waals surface area contributed by atoms with Crippen molar-refractivity contribution in [3.05, 3.63) is 24.0 Å². The van der Waals surface area contributed by atoms with Gasteiger partial charge in [-0.05, 0) is 40.5 Å². The van der Waals surface area contributed by atoms with Crippen molar-refractivity contribution in [3.63, 3.8) is 0 Å². The Hall–Kier alpha value is -2.38. The Labute approximate surface area is 142 Å². The lowest BCUT2D eigenvalue weighted by Crippen LogP contribution is -2.33. The molecular formula is C16H27N5O3. The van der Waals surface area contributed by atoms with Gasteiger partial charge in [0.05, 0.1) is 6.20 Å². The summed E-state index contributed by atoms with van der Waals surface area (Å²) in [6, 6.07) is 0. The van der Waals surface area contributed by atoms with E-state index in [0.29, 0.717) is 19.6 Å². The Kier molecular flexibility index (Phi) is 7.41. The monoisotopic (exact) mass is 337 g/mol. The third kappa shape index (κ3) is 8.30. The predicted octanol–water partition coefficient (Wildman–Crippen LogP) is 1.89. The maximum absolute atomic E-state index is 11.8. The third-order valence-corrected chi connectivity index (χ3v) is 2.80. The van der Waals surface area contributed by atoms with Gasteiger partial charge >= 0.3 is 6.09 Å². The zero-order chi connectivity index (χ0) is 18.2. The van der Waals surface area contributed by atoms with E-state index in [4.69, 9.17) is 4.74 Å². The van der Waals surface area contributed by atoms with Crippen LogP contribution < -0.4 is 10.6 Å². The average molecular weight is 337 g/mol. The van der Waals surface area contributed by atoms with Gasteiger partial charge in [-0.3, -0.25) is 9.48 Å². The maximum atomic E-state index is 11.8. The van der Waals surface area contributed by atoms with Gasteiger partial charge in [0, 0.05) is 19.6 Å². The Bertz CT molecular complexity index is 575. The molecule has 8 nitrogen and oxygen atoms in total. The molecule has 2 N–H and O–H groups in total. The minimum absolute atomic E-state index is 0.268. The molecule has 0 aromatic carbocycles. The summed E-state index contributed by atoms with van der Waals surface area (Å²) >= 11 is 0. The maximum Gasteiger partial charge on any atom is 0.407 e. The number of carbonyl (C=O) groups is 2. The van der Waals surface area contributed by atoms with Crippen molar-refractivity contribution in [3.8, 4) is 0 Å². The molecule has 0 unspecified atom stereocenters. The second-order valence-corrected chi connectivity index (χ2v) is 6.64. The Morgan fingerprint density at radius 2 is 2.00 bits per heavy atom. The molecule has 0 aliphatic heterocycles. The van der Waals surface area contributed by atoms with Crippen LogP contribution in [0.2, 0.25) is 0 Å². The number of hydrogen-bond acceptors (Lipinski definition) is 5. The van der Waals surface area contributed by atoms with Gasteiger partial charge in [0.1, 0.15) is 5.60 Å². The van der Waals surface area contributed by atoms with Crippen LogP contribution in [-0.4, -0.2) is 45.7 Å². The first kappa shape index (κ1) is 19.7. The van der Waals surface area contributed by atoms with E-state index in [9.17, 15) is 9.59 Å². The van der Waals surface area contributed by atoms with E-state index in [0.717, 1.165) is 18.4 Å². The van der Waals surface area contributed by atoms with Crippen molar-refractivity contribution < 1.29 is 14.3 Å². The fraction of sp³-hybridized carbons (Fsp3) is 0.625. The van der Waals surface area contributed by atoms with E-state index in [2.05, 4.69) is 27.5 Å². The van der Waals surface area contributed by atoms with Gasteiger partial charge in [-0.1, -0.05) is 17.4 Å². The highest BCUT2D eigenvalue weighted by Crippen LogP contribution is 2.06. The lowest BCUT2D eigenvalue weighted by Gasteiger charge is -2.19. The number of ether oxygens (including phenoxy) is 1. The second-order valence-electron chi connectivity index (χ2n) is 6.64. The molecule has 134 valence electrons. The van der Waals surface area contributed by atoms with Gasteiger partial charge < -0.3 is 15.4 Å². The summed E-state index contributed by atoms with van der Waals surface area (Å²) in [5.41, 5.74) is 0.655. The molecule has 0 bridgehead atoms. The molecule has 2 amide bonds. The molecule has 24 heavy (non-hydrogen) atoms. The van der Waals surface area contributed by atoms with Crippen LogP contribution in [0, 0.1) is 0 Å². The molecule has 1 aromatic rings. The molecule has 0 spiro atoms. The van der Waals surface area contributed by atoms with Gasteiger partial charge in [0.2, 0.25) is 0 Å². The number of nitrogens with zero attached hydrogens (tertiary/aromatic N) is 3. The molecule has 0 aliphatic carbocycles. The molecule has 0 radical (unpaired) electrons. The molecule has 0 saturated heterocycles. The fourth-order valence-corrected chi connectivity index (χ4v) is 1.74. The highest BCUT2D eigenvalue weighted by atomic mass is 16.6. The molecule has 0 saturated carbocycles. The molecular weight excluding hydrogens is 310 g/mol. The summed E-state index contributed by atoms with van der Waals surface area (Å²) in [6.45, 7) is 12.6.